The summed E-state index contributed by atoms with van der Waals surface area (Å²) in [5.41, 5.74) is 6.08. The molecule has 0 radical (unpaired) electrons. The number of hydrogen-bond acceptors (Lipinski definition) is 6. The molecule has 0 atom stereocenters. The molecule has 4 N–H and O–H groups in total. The molecule has 0 bridgehead atoms. The van der Waals surface area contributed by atoms with Gasteiger partial charge in [-0.3, -0.25) is 9.36 Å². The van der Waals surface area contributed by atoms with Crippen molar-refractivity contribution in [2.24, 2.45) is 5.92 Å². The number of nitrogens with one attached hydrogen (secondary N) is 2. The van der Waals surface area contributed by atoms with Crippen LogP contribution in [0.5, 0.6) is 0 Å². The number of nitrogens with two attached hydrogens (primary N) is 1. The second-order valence-corrected chi connectivity index (χ2v) is 8.40. The first kappa shape index (κ1) is 20.5. The first-order valence-corrected chi connectivity index (χ1v) is 10.6. The van der Waals surface area contributed by atoms with Crippen LogP contribution in [0.2, 0.25) is 0 Å². The van der Waals surface area contributed by atoms with E-state index < -0.39 is 23.1 Å². The van der Waals surface area contributed by atoms with Gasteiger partial charge in [0.25, 0.3) is 0 Å². The Hall–Kier alpha value is -3.37. The van der Waals surface area contributed by atoms with Crippen molar-refractivity contribution in [2.45, 2.75) is 50.6 Å². The molecule has 2 saturated carbocycles. The van der Waals surface area contributed by atoms with Gasteiger partial charge in [-0.05, 0) is 38.5 Å². The third kappa shape index (κ3) is 3.94. The molecular formula is C21H22F3N7O. The normalized spacial score (nSPS) is 21.0. The molecule has 0 spiro atoms. The van der Waals surface area contributed by atoms with E-state index in [1.165, 1.54) is 6.20 Å². The Morgan fingerprint density at radius 2 is 1.72 bits per heavy atom. The number of carbonyl (C=O) groups excluding carboxylic acids is 1. The average molecular weight is 445 g/mol. The van der Waals surface area contributed by atoms with Crippen LogP contribution in [0.3, 0.4) is 0 Å². The van der Waals surface area contributed by atoms with Crippen molar-refractivity contribution < 1.29 is 18.0 Å². The number of anilines is 3. The maximum Gasteiger partial charge on any atom is 0.223 e. The number of benzene rings is 1. The van der Waals surface area contributed by atoms with Crippen molar-refractivity contribution in [3.63, 3.8) is 0 Å². The molecule has 32 heavy (non-hydrogen) atoms. The predicted molar refractivity (Wildman–Crippen MR) is 111 cm³/mol. The van der Waals surface area contributed by atoms with Gasteiger partial charge in [-0.15, -0.1) is 0 Å². The number of imidazole rings is 1. The minimum absolute atomic E-state index is 0.0434. The predicted octanol–water partition coefficient (Wildman–Crippen LogP) is 3.58. The maximum absolute atomic E-state index is 14.3. The molecule has 1 aromatic carbocycles. The summed E-state index contributed by atoms with van der Waals surface area (Å²) in [6.07, 6.45) is 6.15. The molecule has 2 aliphatic carbocycles. The Morgan fingerprint density at radius 1 is 1.03 bits per heavy atom. The topological polar surface area (TPSA) is 111 Å². The largest absolute Gasteiger partial charge is 0.368 e. The van der Waals surface area contributed by atoms with Crippen LogP contribution < -0.4 is 16.4 Å². The standard InChI is InChI=1S/C21H22F3N7O/c22-11-7-14(23)17(15(24)8-11)29-21-28-16-9-26-20(25)30-18(16)31(21)13-5-1-10(2-6-13)19(32)27-12-3-4-12/h7-10,12-13H,1-6H2,(H,27,32)(H,28,29)(H2,25,26,30)/t10-,13+. The van der Waals surface area contributed by atoms with Crippen LogP contribution >= 0.6 is 0 Å². The van der Waals surface area contributed by atoms with E-state index in [1.807, 2.05) is 0 Å². The van der Waals surface area contributed by atoms with Gasteiger partial charge in [-0.2, -0.15) is 4.98 Å². The van der Waals surface area contributed by atoms with Gasteiger partial charge in [-0.25, -0.2) is 23.1 Å². The van der Waals surface area contributed by atoms with Crippen molar-refractivity contribution in [2.75, 3.05) is 11.1 Å². The van der Waals surface area contributed by atoms with Crippen molar-refractivity contribution in [1.82, 2.24) is 24.8 Å². The maximum atomic E-state index is 14.3. The number of amides is 1. The molecule has 2 aromatic heterocycles. The number of aromatic nitrogens is 4. The molecule has 1 amide bonds. The molecule has 168 valence electrons. The molecule has 8 nitrogen and oxygen atoms in total. The van der Waals surface area contributed by atoms with E-state index in [1.54, 1.807) is 4.57 Å². The highest BCUT2D eigenvalue weighted by molar-refractivity contribution is 5.79. The lowest BCUT2D eigenvalue weighted by Gasteiger charge is -2.30. The van der Waals surface area contributed by atoms with Gasteiger partial charge in [0.15, 0.2) is 17.3 Å². The minimum Gasteiger partial charge on any atom is -0.368 e. The molecule has 0 unspecified atom stereocenters. The van der Waals surface area contributed by atoms with Gasteiger partial charge in [-0.1, -0.05) is 0 Å². The summed E-state index contributed by atoms with van der Waals surface area (Å²) in [6, 6.07) is 1.39. The lowest BCUT2D eigenvalue weighted by Crippen LogP contribution is -2.34. The van der Waals surface area contributed by atoms with Crippen molar-refractivity contribution >= 4 is 34.7 Å². The summed E-state index contributed by atoms with van der Waals surface area (Å²) in [5, 5.41) is 5.71. The second kappa shape index (κ2) is 7.95. The van der Waals surface area contributed by atoms with E-state index >= 15 is 0 Å². The summed E-state index contributed by atoms with van der Waals surface area (Å²) in [4.78, 5) is 25.0. The summed E-state index contributed by atoms with van der Waals surface area (Å²) in [5.74, 6) is -2.96. The molecule has 2 fully saturated rings. The van der Waals surface area contributed by atoms with Crippen LogP contribution in [0.15, 0.2) is 18.3 Å². The van der Waals surface area contributed by atoms with Gasteiger partial charge in [0.1, 0.15) is 17.0 Å². The van der Waals surface area contributed by atoms with Crippen LogP contribution in [-0.2, 0) is 4.79 Å². The van der Waals surface area contributed by atoms with Crippen molar-refractivity contribution in [3.05, 3.63) is 35.8 Å². The number of carbonyl (C=O) groups is 1. The molecule has 2 heterocycles. The fourth-order valence-electron chi connectivity index (χ4n) is 4.25. The lowest BCUT2D eigenvalue weighted by molar-refractivity contribution is -0.126. The summed E-state index contributed by atoms with van der Waals surface area (Å²) < 4.78 is 43.6. The van der Waals surface area contributed by atoms with E-state index in [2.05, 4.69) is 25.6 Å². The fraction of sp³-hybridized carbons (Fsp3) is 0.429. The third-order valence-corrected chi connectivity index (χ3v) is 6.05. The highest BCUT2D eigenvalue weighted by atomic mass is 19.1. The molecule has 11 heteroatoms. The van der Waals surface area contributed by atoms with Gasteiger partial charge >= 0.3 is 0 Å². The number of rotatable bonds is 5. The SMILES string of the molecule is Nc1ncc2nc(Nc3c(F)cc(F)cc3F)n([C@H]3CC[C@@H](C(=O)NC4CC4)CC3)c2n1. The van der Waals surface area contributed by atoms with Gasteiger partial charge in [0.05, 0.1) is 6.20 Å². The van der Waals surface area contributed by atoms with E-state index in [0.717, 1.165) is 12.8 Å². The zero-order valence-electron chi connectivity index (χ0n) is 17.1. The van der Waals surface area contributed by atoms with Crippen LogP contribution in [0.25, 0.3) is 11.2 Å². The molecule has 0 saturated heterocycles. The van der Waals surface area contributed by atoms with Crippen molar-refractivity contribution in [1.29, 1.82) is 0 Å². The highest BCUT2D eigenvalue weighted by Gasteiger charge is 2.32. The summed E-state index contributed by atoms with van der Waals surface area (Å²) in [7, 11) is 0. The number of nitrogens with zero attached hydrogens (tertiary/aromatic N) is 4. The van der Waals surface area contributed by atoms with Crippen LogP contribution in [0.1, 0.15) is 44.6 Å². The van der Waals surface area contributed by atoms with Gasteiger partial charge in [0, 0.05) is 30.1 Å². The number of nitrogen functional groups attached to an aromatic ring is 1. The Morgan fingerprint density at radius 3 is 2.38 bits per heavy atom. The first-order valence-electron chi connectivity index (χ1n) is 10.6. The molecule has 2 aliphatic rings. The summed E-state index contributed by atoms with van der Waals surface area (Å²) >= 11 is 0. The molecule has 5 rings (SSSR count). The van der Waals surface area contributed by atoms with Crippen LogP contribution in [0, 0.1) is 23.4 Å². The number of halogens is 3. The lowest BCUT2D eigenvalue weighted by atomic mass is 9.85. The zero-order chi connectivity index (χ0) is 22.4. The van der Waals surface area contributed by atoms with Crippen LogP contribution in [-0.4, -0.2) is 31.5 Å². The zero-order valence-corrected chi connectivity index (χ0v) is 17.1. The van der Waals surface area contributed by atoms with E-state index in [9.17, 15) is 18.0 Å². The highest BCUT2D eigenvalue weighted by Crippen LogP contribution is 2.38. The molecule has 0 aliphatic heterocycles. The van der Waals surface area contributed by atoms with Crippen molar-refractivity contribution in [3.8, 4) is 0 Å². The van der Waals surface area contributed by atoms with E-state index in [4.69, 9.17) is 5.73 Å². The van der Waals surface area contributed by atoms with Gasteiger partial charge < -0.3 is 16.4 Å². The second-order valence-electron chi connectivity index (χ2n) is 8.40. The Balaban J connectivity index is 1.45. The summed E-state index contributed by atoms with van der Waals surface area (Å²) in [6.45, 7) is 0. The Labute approximate surface area is 181 Å². The minimum atomic E-state index is -1.08. The Kier molecular flexibility index (Phi) is 5.10. The fourth-order valence-corrected chi connectivity index (χ4v) is 4.25. The quantitative estimate of drug-likeness (QED) is 0.554. The molecular weight excluding hydrogens is 423 g/mol. The molecule has 3 aromatic rings. The number of fused-ring (bicyclic) bond motifs is 1. The smallest absolute Gasteiger partial charge is 0.223 e. The van der Waals surface area contributed by atoms with Gasteiger partial charge in [0.2, 0.25) is 17.8 Å². The van der Waals surface area contributed by atoms with E-state index in [-0.39, 0.29) is 29.8 Å². The number of hydrogen-bond donors (Lipinski definition) is 3. The third-order valence-electron chi connectivity index (χ3n) is 6.05. The average Bonchev–Trinajstić information content (AvgIpc) is 3.49. The first-order chi connectivity index (χ1) is 15.4. The van der Waals surface area contributed by atoms with E-state index in [0.29, 0.717) is 55.0 Å². The van der Waals surface area contributed by atoms with Crippen LogP contribution in [0.4, 0.5) is 30.8 Å². The monoisotopic (exact) mass is 445 g/mol. The Bertz CT molecular complexity index is 1160.